The molecule has 5 N–H and O–H groups in total. The lowest BCUT2D eigenvalue weighted by Gasteiger charge is -2.15. The summed E-state index contributed by atoms with van der Waals surface area (Å²) in [6, 6.07) is -0.310. The molecule has 0 saturated carbocycles. The van der Waals surface area contributed by atoms with Gasteiger partial charge in [-0.2, -0.15) is 13.2 Å². The van der Waals surface area contributed by atoms with Crippen LogP contribution in [0.2, 0.25) is 0 Å². The second-order valence-corrected chi connectivity index (χ2v) is 7.12. The Morgan fingerprint density at radius 3 is 2.56 bits per heavy atom. The van der Waals surface area contributed by atoms with Crippen LogP contribution in [0.3, 0.4) is 0 Å². The van der Waals surface area contributed by atoms with Crippen molar-refractivity contribution < 1.29 is 26.7 Å². The van der Waals surface area contributed by atoms with Crippen molar-refractivity contribution in [3.8, 4) is 0 Å². The molecule has 15 heteroatoms. The number of anilines is 1. The number of hydrogen-bond donors (Lipinski definition) is 4. The van der Waals surface area contributed by atoms with Gasteiger partial charge in [-0.15, -0.1) is 0 Å². The van der Waals surface area contributed by atoms with E-state index >= 15 is 0 Å². The van der Waals surface area contributed by atoms with Crippen LogP contribution in [0.1, 0.15) is 35.1 Å². The number of aromatic nitrogens is 2. The van der Waals surface area contributed by atoms with Gasteiger partial charge >= 0.3 is 11.9 Å². The molecule has 182 valence electrons. The van der Waals surface area contributed by atoms with Crippen LogP contribution in [-0.2, 0) is 18.0 Å². The largest absolute Gasteiger partial charge is 0.422 e. The first-order chi connectivity index (χ1) is 15.8. The van der Waals surface area contributed by atoms with Gasteiger partial charge in [-0.1, -0.05) is 18.3 Å². The number of halogens is 5. The maximum atomic E-state index is 14.3. The number of benzene rings is 1. The molecule has 0 aliphatic rings. The number of H-pyrrole nitrogens is 1. The highest BCUT2D eigenvalue weighted by Crippen LogP contribution is 2.36. The number of nitrogen functional groups attached to an aromatic ring is 1. The van der Waals surface area contributed by atoms with E-state index in [1.54, 1.807) is 0 Å². The van der Waals surface area contributed by atoms with Crippen LogP contribution in [0.25, 0.3) is 0 Å². The molecule has 2 atom stereocenters. The smallest absolute Gasteiger partial charge is 0.385 e. The number of aliphatic imine (C=N–C) groups is 1. The molecule has 34 heavy (non-hydrogen) atoms. The summed E-state index contributed by atoms with van der Waals surface area (Å²) in [7, 11) is 1.27. The van der Waals surface area contributed by atoms with Crippen molar-refractivity contribution >= 4 is 41.9 Å². The van der Waals surface area contributed by atoms with E-state index in [1.807, 2.05) is 4.98 Å². The van der Waals surface area contributed by atoms with Crippen molar-refractivity contribution in [3.05, 3.63) is 61.3 Å². The van der Waals surface area contributed by atoms with Crippen LogP contribution < -0.4 is 22.3 Å². The normalized spacial score (nSPS) is 13.5. The lowest BCUT2D eigenvalue weighted by molar-refractivity contribution is -0.142. The van der Waals surface area contributed by atoms with Gasteiger partial charge in [0.15, 0.2) is 0 Å². The van der Waals surface area contributed by atoms with Crippen molar-refractivity contribution in [1.82, 2.24) is 14.9 Å². The Labute approximate surface area is 193 Å². The number of nitrogens with one attached hydrogen (secondary N) is 3. The van der Waals surface area contributed by atoms with Crippen LogP contribution in [0.5, 0.6) is 0 Å². The molecular weight excluding hydrogens is 487 g/mol. The predicted octanol–water partition coefficient (Wildman–Crippen LogP) is 1.96. The van der Waals surface area contributed by atoms with E-state index < -0.39 is 64.5 Å². The average Bonchev–Trinajstić information content (AvgIpc) is 2.74. The molecule has 1 aromatic heterocycles. The van der Waals surface area contributed by atoms with Crippen LogP contribution in [0.15, 0.2) is 26.7 Å². The molecule has 0 aliphatic heterocycles. The highest BCUT2D eigenvalue weighted by atomic mass is 32.1. The molecule has 0 radical (unpaired) electrons. The molecule has 1 amide bonds. The minimum atomic E-state index is -5.30. The highest BCUT2D eigenvalue weighted by molar-refractivity contribution is 7.79. The lowest BCUT2D eigenvalue weighted by Crippen LogP contribution is -2.35. The van der Waals surface area contributed by atoms with Gasteiger partial charge < -0.3 is 16.5 Å². The third-order valence-corrected chi connectivity index (χ3v) is 4.95. The van der Waals surface area contributed by atoms with Crippen LogP contribution in [-0.4, -0.2) is 33.4 Å². The number of carbonyl (C=O) groups excluding carboxylic acids is 1. The number of alkyl halides is 3. The number of carbonyl (C=O) groups is 1. The standard InChI is InChI=1S/C19H17F5N6O3S/c1-30-16(26)13(17(32)29-18(30)33)8(5-25)4-12(31)28-7-27-11(6-34)9-2-3-10(20)14(15(9)21)19(22,23)24/h2-3,5-8,11,25H,4,26H2,1H3,(H,27,28,31)(H,29,32,33). The summed E-state index contributed by atoms with van der Waals surface area (Å²) >= 11 is 4.66. The molecule has 2 unspecified atom stereocenters. The van der Waals surface area contributed by atoms with Gasteiger partial charge in [0, 0.05) is 36.5 Å². The number of thiocarbonyl (C=S) groups is 1. The number of aromatic amines is 1. The van der Waals surface area contributed by atoms with E-state index in [2.05, 4.69) is 22.5 Å². The third kappa shape index (κ3) is 5.59. The summed E-state index contributed by atoms with van der Waals surface area (Å²) < 4.78 is 67.5. The highest BCUT2D eigenvalue weighted by Gasteiger charge is 2.39. The fraction of sp³-hybridized carbons (Fsp3) is 0.263. The number of nitrogens with zero attached hydrogens (tertiary/aromatic N) is 2. The van der Waals surface area contributed by atoms with E-state index in [0.29, 0.717) is 6.07 Å². The van der Waals surface area contributed by atoms with Gasteiger partial charge in [0.2, 0.25) is 5.91 Å². The minimum Gasteiger partial charge on any atom is -0.385 e. The van der Waals surface area contributed by atoms with Crippen molar-refractivity contribution in [2.24, 2.45) is 12.0 Å². The summed E-state index contributed by atoms with van der Waals surface area (Å²) in [6.07, 6.45) is -4.29. The topological polar surface area (TPSA) is 146 Å². The second kappa shape index (κ2) is 10.5. The Hall–Kier alpha value is -3.75. The maximum absolute atomic E-state index is 14.3. The zero-order valence-corrected chi connectivity index (χ0v) is 18.1. The van der Waals surface area contributed by atoms with E-state index in [4.69, 9.17) is 11.1 Å². The maximum Gasteiger partial charge on any atom is 0.422 e. The summed E-state index contributed by atoms with van der Waals surface area (Å²) in [6.45, 7) is 0. The van der Waals surface area contributed by atoms with Crippen LogP contribution in [0, 0.1) is 17.0 Å². The Morgan fingerprint density at radius 2 is 2.00 bits per heavy atom. The SMILES string of the molecule is Cn1c(N)c(C(C=N)CC(=O)NC=NC(C=S)c2ccc(F)c(C(F)(F)F)c2F)c(=O)[nH]c1=O. The molecule has 0 bridgehead atoms. The molecule has 0 saturated heterocycles. The summed E-state index contributed by atoms with van der Waals surface area (Å²) in [5.41, 5.74) is 1.10. The average molecular weight is 504 g/mol. The Bertz CT molecular complexity index is 1270. The second-order valence-electron chi connectivity index (χ2n) is 6.84. The number of rotatable bonds is 8. The van der Waals surface area contributed by atoms with Gasteiger partial charge in [-0.25, -0.2) is 13.6 Å². The first kappa shape index (κ1) is 26.5. The number of hydrogen-bond acceptors (Lipinski definition) is 7. The Balaban J connectivity index is 2.22. The molecular formula is C19H17F5N6O3S. The first-order valence-electron chi connectivity index (χ1n) is 9.24. The van der Waals surface area contributed by atoms with E-state index in [1.165, 1.54) is 7.05 Å². The molecule has 2 rings (SSSR count). The van der Waals surface area contributed by atoms with Gasteiger partial charge in [0.05, 0.1) is 11.9 Å². The van der Waals surface area contributed by atoms with Gasteiger partial charge in [-0.3, -0.25) is 24.1 Å². The zero-order valence-electron chi connectivity index (χ0n) is 17.2. The van der Waals surface area contributed by atoms with Gasteiger partial charge in [-0.05, 0) is 6.07 Å². The molecule has 1 aromatic carbocycles. The van der Waals surface area contributed by atoms with Crippen molar-refractivity contribution in [2.45, 2.75) is 24.6 Å². The Morgan fingerprint density at radius 1 is 1.35 bits per heavy atom. The summed E-state index contributed by atoms with van der Waals surface area (Å²) in [4.78, 5) is 41.6. The number of amides is 1. The van der Waals surface area contributed by atoms with Gasteiger partial charge in [0.1, 0.15) is 29.1 Å². The van der Waals surface area contributed by atoms with E-state index in [9.17, 15) is 36.3 Å². The third-order valence-electron chi connectivity index (χ3n) is 4.70. The van der Waals surface area contributed by atoms with Crippen molar-refractivity contribution in [1.29, 1.82) is 5.41 Å². The predicted molar refractivity (Wildman–Crippen MR) is 117 cm³/mol. The van der Waals surface area contributed by atoms with Crippen molar-refractivity contribution in [3.63, 3.8) is 0 Å². The van der Waals surface area contributed by atoms with Gasteiger partial charge in [0.25, 0.3) is 5.56 Å². The van der Waals surface area contributed by atoms with E-state index in [0.717, 1.165) is 28.6 Å². The van der Waals surface area contributed by atoms with Crippen LogP contribution >= 0.6 is 12.2 Å². The number of nitrogens with two attached hydrogens (primary N) is 1. The molecule has 1 heterocycles. The van der Waals surface area contributed by atoms with Crippen molar-refractivity contribution in [2.75, 3.05) is 5.73 Å². The Kier molecular flexibility index (Phi) is 8.15. The monoisotopic (exact) mass is 504 g/mol. The quantitative estimate of drug-likeness (QED) is 0.188. The molecule has 0 aliphatic carbocycles. The first-order valence-corrected chi connectivity index (χ1v) is 9.71. The lowest BCUT2D eigenvalue weighted by atomic mass is 9.98. The molecule has 9 nitrogen and oxygen atoms in total. The molecule has 2 aromatic rings. The summed E-state index contributed by atoms with van der Waals surface area (Å²) in [5, 5.41) is 10.5. The zero-order chi connectivity index (χ0) is 25.8. The van der Waals surface area contributed by atoms with Crippen LogP contribution in [0.4, 0.5) is 27.8 Å². The fourth-order valence-electron chi connectivity index (χ4n) is 2.95. The molecule has 0 fully saturated rings. The summed E-state index contributed by atoms with van der Waals surface area (Å²) in [5.74, 6) is -5.88. The minimum absolute atomic E-state index is 0.200. The molecule has 0 spiro atoms. The van der Waals surface area contributed by atoms with E-state index in [-0.39, 0.29) is 11.4 Å². The fourth-order valence-corrected chi connectivity index (χ4v) is 3.17.